The monoisotopic (exact) mass is 402 g/mol. The lowest BCUT2D eigenvalue weighted by Gasteiger charge is -2.09. The van der Waals surface area contributed by atoms with Crippen LogP contribution in [0.5, 0.6) is 11.6 Å². The van der Waals surface area contributed by atoms with Gasteiger partial charge in [-0.1, -0.05) is 15.9 Å². The van der Waals surface area contributed by atoms with Gasteiger partial charge >= 0.3 is 0 Å². The molecule has 2 aromatic rings. The van der Waals surface area contributed by atoms with E-state index in [-0.39, 0.29) is 11.6 Å². The lowest BCUT2D eigenvalue weighted by atomic mass is 10.3. The fourth-order valence-corrected chi connectivity index (χ4v) is 2.37. The van der Waals surface area contributed by atoms with Crippen LogP contribution < -0.4 is 10.1 Å². The fraction of sp³-hybridized carbons (Fsp3) is 0.0909. The zero-order valence-corrected chi connectivity index (χ0v) is 13.3. The number of benzene rings is 1. The molecule has 9 heteroatoms. The number of nitro groups is 1. The van der Waals surface area contributed by atoms with Gasteiger partial charge in [0, 0.05) is 17.6 Å². The van der Waals surface area contributed by atoms with E-state index in [4.69, 9.17) is 4.74 Å². The molecule has 2 rings (SSSR count). The first-order chi connectivity index (χ1) is 9.51. The molecule has 0 aliphatic carbocycles. The largest absolute Gasteiger partial charge is 0.437 e. The molecule has 0 atom stereocenters. The number of non-ortho nitro benzene ring substituents is 1. The predicted molar refractivity (Wildman–Crippen MR) is 80.1 cm³/mol. The highest BCUT2D eigenvalue weighted by Gasteiger charge is 2.13. The van der Waals surface area contributed by atoms with Gasteiger partial charge in [0.15, 0.2) is 0 Å². The van der Waals surface area contributed by atoms with E-state index in [2.05, 4.69) is 47.1 Å². The van der Waals surface area contributed by atoms with Crippen LogP contribution >= 0.6 is 31.9 Å². The molecule has 0 saturated carbocycles. The van der Waals surface area contributed by atoms with Crippen LogP contribution in [-0.4, -0.2) is 21.9 Å². The van der Waals surface area contributed by atoms with E-state index in [1.165, 1.54) is 18.5 Å². The molecule has 0 fully saturated rings. The van der Waals surface area contributed by atoms with Crippen molar-refractivity contribution in [2.75, 3.05) is 12.4 Å². The van der Waals surface area contributed by atoms with Gasteiger partial charge in [0.05, 0.1) is 11.0 Å². The minimum Gasteiger partial charge on any atom is -0.437 e. The number of hydrogen-bond donors (Lipinski definition) is 1. The van der Waals surface area contributed by atoms with Crippen molar-refractivity contribution in [1.29, 1.82) is 0 Å². The summed E-state index contributed by atoms with van der Waals surface area (Å²) in [7, 11) is 1.71. The predicted octanol–water partition coefficient (Wildman–Crippen LogP) is 3.74. The summed E-state index contributed by atoms with van der Waals surface area (Å²) in [6.45, 7) is 0. The van der Waals surface area contributed by atoms with Gasteiger partial charge in [-0.15, -0.1) is 0 Å². The zero-order valence-electron chi connectivity index (χ0n) is 10.1. The van der Waals surface area contributed by atoms with Crippen LogP contribution in [0.3, 0.4) is 0 Å². The average molecular weight is 404 g/mol. The third-order valence-electron chi connectivity index (χ3n) is 2.28. The smallest absolute Gasteiger partial charge is 0.274 e. The summed E-state index contributed by atoms with van der Waals surface area (Å²) >= 11 is 6.51. The van der Waals surface area contributed by atoms with E-state index < -0.39 is 4.92 Å². The second kappa shape index (κ2) is 6.14. The van der Waals surface area contributed by atoms with Crippen LogP contribution in [0.15, 0.2) is 33.5 Å². The van der Waals surface area contributed by atoms with Crippen LogP contribution in [-0.2, 0) is 0 Å². The second-order valence-electron chi connectivity index (χ2n) is 3.60. The maximum Gasteiger partial charge on any atom is 0.274 e. The first kappa shape index (κ1) is 14.7. The number of rotatable bonds is 4. The van der Waals surface area contributed by atoms with Gasteiger partial charge in [0.2, 0.25) is 5.88 Å². The zero-order chi connectivity index (χ0) is 14.7. The molecule has 0 amide bonds. The molecular formula is C11H8Br2N4O3. The van der Waals surface area contributed by atoms with Crippen molar-refractivity contribution < 1.29 is 9.66 Å². The summed E-state index contributed by atoms with van der Waals surface area (Å²) in [5.74, 6) is 1.11. The van der Waals surface area contributed by atoms with Gasteiger partial charge in [0.25, 0.3) is 5.69 Å². The molecule has 0 aliphatic heterocycles. The maximum atomic E-state index is 10.8. The molecule has 0 bridgehead atoms. The summed E-state index contributed by atoms with van der Waals surface area (Å²) < 4.78 is 6.63. The normalized spacial score (nSPS) is 10.2. The number of hydrogen-bond acceptors (Lipinski definition) is 6. The van der Waals surface area contributed by atoms with E-state index in [1.807, 2.05) is 0 Å². The summed E-state index contributed by atoms with van der Waals surface area (Å²) in [6, 6.07) is 4.32. The van der Waals surface area contributed by atoms with Crippen LogP contribution in [0.25, 0.3) is 0 Å². The number of anilines is 1. The maximum absolute atomic E-state index is 10.8. The van der Waals surface area contributed by atoms with Gasteiger partial charge in [-0.3, -0.25) is 10.1 Å². The van der Waals surface area contributed by atoms with Gasteiger partial charge in [-0.2, -0.15) is 0 Å². The number of aromatic nitrogens is 2. The summed E-state index contributed by atoms with van der Waals surface area (Å²) in [6.07, 6.45) is 1.33. The van der Waals surface area contributed by atoms with Gasteiger partial charge in [-0.25, -0.2) is 9.97 Å². The molecule has 1 aromatic heterocycles. The van der Waals surface area contributed by atoms with Gasteiger partial charge < -0.3 is 10.1 Å². The number of nitrogens with one attached hydrogen (secondary N) is 1. The van der Waals surface area contributed by atoms with E-state index >= 15 is 0 Å². The van der Waals surface area contributed by atoms with Crippen molar-refractivity contribution in [3.05, 3.63) is 43.6 Å². The summed E-state index contributed by atoms with van der Waals surface area (Å²) in [5, 5.41) is 13.7. The standard InChI is InChI=1S/C11H8Br2N4O3/c1-14-10-9(13)11(16-5-15-10)20-8-3-6(12)2-7(4-8)17(18)19/h2-5H,1H3,(H,14,15,16). The molecule has 1 N–H and O–H groups in total. The molecule has 1 heterocycles. The van der Waals surface area contributed by atoms with Crippen molar-refractivity contribution in [3.8, 4) is 11.6 Å². The topological polar surface area (TPSA) is 90.2 Å². The fourth-order valence-electron chi connectivity index (χ4n) is 1.42. The van der Waals surface area contributed by atoms with Gasteiger partial charge in [0.1, 0.15) is 22.4 Å². The van der Waals surface area contributed by atoms with Gasteiger partial charge in [-0.05, 0) is 22.0 Å². The Morgan fingerprint density at radius 1 is 1.30 bits per heavy atom. The van der Waals surface area contributed by atoms with Crippen molar-refractivity contribution in [2.45, 2.75) is 0 Å². The minimum atomic E-state index is -0.494. The van der Waals surface area contributed by atoms with Crippen LogP contribution in [0.2, 0.25) is 0 Å². The number of ether oxygens (including phenoxy) is 1. The van der Waals surface area contributed by atoms with Crippen LogP contribution in [0.1, 0.15) is 0 Å². The molecule has 0 unspecified atom stereocenters. The first-order valence-corrected chi connectivity index (χ1v) is 6.91. The Bertz CT molecular complexity index is 666. The lowest BCUT2D eigenvalue weighted by molar-refractivity contribution is -0.385. The Hall–Kier alpha value is -1.74. The minimum absolute atomic E-state index is 0.0756. The molecule has 7 nitrogen and oxygen atoms in total. The quantitative estimate of drug-likeness (QED) is 0.617. The molecule has 0 spiro atoms. The average Bonchev–Trinajstić information content (AvgIpc) is 2.40. The molecule has 0 radical (unpaired) electrons. The van der Waals surface area contributed by atoms with Crippen LogP contribution in [0.4, 0.5) is 11.5 Å². The molecule has 104 valence electrons. The molecule has 20 heavy (non-hydrogen) atoms. The Labute approximate surface area is 130 Å². The highest BCUT2D eigenvalue weighted by Crippen LogP contribution is 2.34. The molecule has 0 aliphatic rings. The Balaban J connectivity index is 2.37. The highest BCUT2D eigenvalue weighted by atomic mass is 79.9. The SMILES string of the molecule is CNc1ncnc(Oc2cc(Br)cc([N+](=O)[O-])c2)c1Br. The Kier molecular flexibility index (Phi) is 4.50. The van der Waals surface area contributed by atoms with Crippen molar-refractivity contribution >= 4 is 43.4 Å². The summed E-state index contributed by atoms with van der Waals surface area (Å²) in [5.41, 5.74) is -0.0756. The van der Waals surface area contributed by atoms with E-state index in [1.54, 1.807) is 13.1 Å². The number of nitro benzene ring substituents is 1. The van der Waals surface area contributed by atoms with E-state index in [9.17, 15) is 10.1 Å². The van der Waals surface area contributed by atoms with Crippen molar-refractivity contribution in [3.63, 3.8) is 0 Å². The number of halogens is 2. The van der Waals surface area contributed by atoms with E-state index in [0.717, 1.165) is 0 Å². The molecular weight excluding hydrogens is 396 g/mol. The highest BCUT2D eigenvalue weighted by molar-refractivity contribution is 9.11. The van der Waals surface area contributed by atoms with Crippen LogP contribution in [0, 0.1) is 10.1 Å². The van der Waals surface area contributed by atoms with E-state index in [0.29, 0.717) is 20.5 Å². The molecule has 0 saturated heterocycles. The second-order valence-corrected chi connectivity index (χ2v) is 5.30. The summed E-state index contributed by atoms with van der Waals surface area (Å²) in [4.78, 5) is 18.3. The number of nitrogens with zero attached hydrogens (tertiary/aromatic N) is 3. The third kappa shape index (κ3) is 3.23. The lowest BCUT2D eigenvalue weighted by Crippen LogP contribution is -1.98. The van der Waals surface area contributed by atoms with Crippen molar-refractivity contribution in [1.82, 2.24) is 9.97 Å². The van der Waals surface area contributed by atoms with Crippen molar-refractivity contribution in [2.24, 2.45) is 0 Å². The first-order valence-electron chi connectivity index (χ1n) is 5.32. The Morgan fingerprint density at radius 3 is 2.70 bits per heavy atom. The molecule has 1 aromatic carbocycles. The third-order valence-corrected chi connectivity index (χ3v) is 3.45. The Morgan fingerprint density at radius 2 is 2.05 bits per heavy atom.